The molecule has 3 N–H and O–H groups in total. The van der Waals surface area contributed by atoms with E-state index in [9.17, 15) is 9.90 Å². The first kappa shape index (κ1) is 14.8. The lowest BCUT2D eigenvalue weighted by molar-refractivity contribution is -0.123. The molecule has 1 rings (SSSR count). The lowest BCUT2D eigenvalue weighted by Crippen LogP contribution is -2.43. The van der Waals surface area contributed by atoms with Crippen molar-refractivity contribution in [3.05, 3.63) is 0 Å². The molecule has 1 aliphatic rings. The molecule has 1 atom stereocenters. The van der Waals surface area contributed by atoms with Gasteiger partial charge in [0.05, 0.1) is 5.60 Å². The Bertz CT molecular complexity index is 241. The molecule has 0 aromatic carbocycles. The van der Waals surface area contributed by atoms with Crippen LogP contribution in [0, 0.1) is 5.92 Å². The molecule has 100 valence electrons. The van der Waals surface area contributed by atoms with Gasteiger partial charge in [-0.05, 0) is 45.0 Å². The number of carbonyl (C=O) groups is 1. The number of hydrogen-bond acceptors (Lipinski definition) is 4. The Balaban J connectivity index is 2.20. The molecule has 1 unspecified atom stereocenters. The molecule has 1 fully saturated rings. The van der Waals surface area contributed by atoms with Gasteiger partial charge < -0.3 is 15.7 Å². The minimum atomic E-state index is -0.802. The fourth-order valence-corrected chi connectivity index (χ4v) is 2.80. The maximum atomic E-state index is 11.7. The van der Waals surface area contributed by atoms with Crippen LogP contribution in [0.1, 0.15) is 26.2 Å². The molecule has 0 saturated carbocycles. The molecular weight excluding hydrogens is 236 g/mol. The van der Waals surface area contributed by atoms with Crippen LogP contribution in [0.2, 0.25) is 0 Å². The Hall–Kier alpha value is -0.260. The van der Waals surface area contributed by atoms with Crippen molar-refractivity contribution in [1.29, 1.82) is 0 Å². The Morgan fingerprint density at radius 1 is 1.53 bits per heavy atom. The van der Waals surface area contributed by atoms with Gasteiger partial charge in [-0.3, -0.25) is 4.79 Å². The van der Waals surface area contributed by atoms with Crippen LogP contribution in [0.25, 0.3) is 0 Å². The van der Waals surface area contributed by atoms with Crippen LogP contribution in [-0.4, -0.2) is 48.3 Å². The summed E-state index contributed by atoms with van der Waals surface area (Å²) in [4.78, 5) is 11.7. The molecule has 17 heavy (non-hydrogen) atoms. The van der Waals surface area contributed by atoms with E-state index >= 15 is 0 Å². The van der Waals surface area contributed by atoms with Crippen LogP contribution in [-0.2, 0) is 4.79 Å². The van der Waals surface area contributed by atoms with Gasteiger partial charge >= 0.3 is 0 Å². The summed E-state index contributed by atoms with van der Waals surface area (Å²) in [5, 5.41) is 16.0. The largest absolute Gasteiger partial charge is 0.387 e. The van der Waals surface area contributed by atoms with Crippen molar-refractivity contribution >= 4 is 17.7 Å². The monoisotopic (exact) mass is 260 g/mol. The van der Waals surface area contributed by atoms with Crippen molar-refractivity contribution in [2.45, 2.75) is 31.8 Å². The first-order chi connectivity index (χ1) is 8.03. The fraction of sp³-hybridized carbons (Fsp3) is 0.917. The maximum absolute atomic E-state index is 11.7. The van der Waals surface area contributed by atoms with Crippen molar-refractivity contribution < 1.29 is 9.90 Å². The van der Waals surface area contributed by atoms with Crippen LogP contribution in [0.5, 0.6) is 0 Å². The summed E-state index contributed by atoms with van der Waals surface area (Å²) in [6.45, 7) is 4.14. The van der Waals surface area contributed by atoms with Crippen LogP contribution < -0.4 is 10.6 Å². The number of nitrogens with one attached hydrogen (secondary N) is 2. The predicted molar refractivity (Wildman–Crippen MR) is 72.2 cm³/mol. The third kappa shape index (κ3) is 6.29. The molecule has 4 nitrogen and oxygen atoms in total. The molecule has 1 heterocycles. The van der Waals surface area contributed by atoms with Gasteiger partial charge in [-0.25, -0.2) is 0 Å². The highest BCUT2D eigenvalue weighted by atomic mass is 32.2. The minimum absolute atomic E-state index is 0.0679. The molecule has 1 amide bonds. The zero-order valence-electron chi connectivity index (χ0n) is 10.8. The van der Waals surface area contributed by atoms with E-state index < -0.39 is 5.60 Å². The summed E-state index contributed by atoms with van der Waals surface area (Å²) in [5.74, 6) is 1.21. The topological polar surface area (TPSA) is 61.4 Å². The molecule has 0 aromatic heterocycles. The molecule has 0 aromatic rings. The van der Waals surface area contributed by atoms with Crippen LogP contribution in [0.4, 0.5) is 0 Å². The van der Waals surface area contributed by atoms with Gasteiger partial charge in [0.25, 0.3) is 0 Å². The molecule has 1 saturated heterocycles. The second-order valence-electron chi connectivity index (χ2n) is 5.10. The first-order valence-corrected chi connectivity index (χ1v) is 7.61. The van der Waals surface area contributed by atoms with Gasteiger partial charge in [0.1, 0.15) is 0 Å². The van der Waals surface area contributed by atoms with E-state index in [1.54, 1.807) is 18.7 Å². The molecule has 0 bridgehead atoms. The lowest BCUT2D eigenvalue weighted by Gasteiger charge is -2.25. The van der Waals surface area contributed by atoms with E-state index in [1.807, 2.05) is 6.26 Å². The van der Waals surface area contributed by atoms with E-state index in [1.165, 1.54) is 0 Å². The van der Waals surface area contributed by atoms with Crippen molar-refractivity contribution in [2.24, 2.45) is 5.92 Å². The van der Waals surface area contributed by atoms with E-state index in [0.717, 1.165) is 25.9 Å². The Morgan fingerprint density at radius 3 is 2.76 bits per heavy atom. The third-order valence-corrected chi connectivity index (χ3v) is 3.97. The highest BCUT2D eigenvalue weighted by Crippen LogP contribution is 2.16. The molecule has 5 heteroatoms. The van der Waals surface area contributed by atoms with E-state index in [2.05, 4.69) is 10.6 Å². The second kappa shape index (κ2) is 7.24. The maximum Gasteiger partial charge on any atom is 0.220 e. The van der Waals surface area contributed by atoms with Crippen molar-refractivity contribution in [2.75, 3.05) is 31.6 Å². The van der Waals surface area contributed by atoms with Crippen LogP contribution >= 0.6 is 11.8 Å². The number of carbonyl (C=O) groups excluding carboxylic acids is 1. The summed E-state index contributed by atoms with van der Waals surface area (Å²) in [5.41, 5.74) is -0.802. The van der Waals surface area contributed by atoms with E-state index in [-0.39, 0.29) is 5.91 Å². The summed E-state index contributed by atoms with van der Waals surface area (Å²) in [6.07, 6.45) is 4.70. The molecule has 0 radical (unpaired) electrons. The highest BCUT2D eigenvalue weighted by molar-refractivity contribution is 7.98. The van der Waals surface area contributed by atoms with Crippen LogP contribution in [0.3, 0.4) is 0 Å². The zero-order chi connectivity index (χ0) is 12.7. The Kier molecular flexibility index (Phi) is 6.30. The SMILES string of the molecule is CSCC(C)(O)CNC(=O)CC1CCNCC1. The van der Waals surface area contributed by atoms with Gasteiger partial charge in [-0.15, -0.1) is 0 Å². The van der Waals surface area contributed by atoms with Gasteiger partial charge in [0, 0.05) is 18.7 Å². The predicted octanol–water partition coefficient (Wildman–Crippen LogP) is 0.606. The number of amides is 1. The summed E-state index contributed by atoms with van der Waals surface area (Å²) < 4.78 is 0. The highest BCUT2D eigenvalue weighted by Gasteiger charge is 2.22. The summed E-state index contributed by atoms with van der Waals surface area (Å²) >= 11 is 1.59. The Morgan fingerprint density at radius 2 is 2.18 bits per heavy atom. The molecule has 0 spiro atoms. The van der Waals surface area contributed by atoms with Gasteiger partial charge in [-0.1, -0.05) is 0 Å². The molecule has 1 aliphatic heterocycles. The number of rotatable bonds is 6. The van der Waals surface area contributed by atoms with E-state index in [4.69, 9.17) is 0 Å². The second-order valence-corrected chi connectivity index (χ2v) is 5.97. The fourth-order valence-electron chi connectivity index (χ4n) is 2.07. The standard InChI is InChI=1S/C12H24N2O2S/c1-12(16,9-17-2)8-14-11(15)7-10-3-5-13-6-4-10/h10,13,16H,3-9H2,1-2H3,(H,14,15). The number of thioether (sulfide) groups is 1. The third-order valence-electron chi connectivity index (χ3n) is 3.05. The van der Waals surface area contributed by atoms with Crippen molar-refractivity contribution in [3.63, 3.8) is 0 Å². The normalized spacial score (nSPS) is 20.9. The van der Waals surface area contributed by atoms with Gasteiger partial charge in [0.15, 0.2) is 0 Å². The number of aliphatic hydroxyl groups is 1. The Labute approximate surface area is 108 Å². The molecular formula is C12H24N2O2S. The zero-order valence-corrected chi connectivity index (χ0v) is 11.6. The van der Waals surface area contributed by atoms with Gasteiger partial charge in [0.2, 0.25) is 5.91 Å². The van der Waals surface area contributed by atoms with Gasteiger partial charge in [-0.2, -0.15) is 11.8 Å². The van der Waals surface area contributed by atoms with E-state index in [0.29, 0.717) is 24.6 Å². The molecule has 0 aliphatic carbocycles. The quantitative estimate of drug-likeness (QED) is 0.655. The van der Waals surface area contributed by atoms with Crippen molar-refractivity contribution in [1.82, 2.24) is 10.6 Å². The van der Waals surface area contributed by atoms with Crippen LogP contribution in [0.15, 0.2) is 0 Å². The lowest BCUT2D eigenvalue weighted by atomic mass is 9.94. The minimum Gasteiger partial charge on any atom is -0.387 e. The first-order valence-electron chi connectivity index (χ1n) is 6.22. The average molecular weight is 260 g/mol. The summed E-state index contributed by atoms with van der Waals surface area (Å²) in [7, 11) is 0. The van der Waals surface area contributed by atoms with Crippen molar-refractivity contribution in [3.8, 4) is 0 Å². The number of piperidine rings is 1. The smallest absolute Gasteiger partial charge is 0.220 e. The number of hydrogen-bond donors (Lipinski definition) is 3. The average Bonchev–Trinajstić information content (AvgIpc) is 2.28. The summed E-state index contributed by atoms with van der Waals surface area (Å²) in [6, 6.07) is 0.